The van der Waals surface area contributed by atoms with Crippen LogP contribution in [-0.2, 0) is 35.5 Å². The molecular weight excluding hydrogens is 560 g/mol. The summed E-state index contributed by atoms with van der Waals surface area (Å²) in [5, 5.41) is 0. The molecule has 2 amide bonds. The van der Waals surface area contributed by atoms with Crippen LogP contribution >= 0.6 is 0 Å². The van der Waals surface area contributed by atoms with Crippen LogP contribution in [0.5, 0.6) is 0 Å². The van der Waals surface area contributed by atoms with Crippen molar-refractivity contribution in [2.45, 2.75) is 38.9 Å². The van der Waals surface area contributed by atoms with Gasteiger partial charge in [0.05, 0.1) is 11.9 Å². The van der Waals surface area contributed by atoms with E-state index in [9.17, 15) is 9.59 Å². The van der Waals surface area contributed by atoms with Gasteiger partial charge in [-0.1, -0.05) is 78.9 Å². The van der Waals surface area contributed by atoms with Crippen LogP contribution in [0.15, 0.2) is 116 Å². The lowest BCUT2D eigenvalue weighted by Crippen LogP contribution is -2.52. The largest absolute Gasteiger partial charge is 0.336 e. The minimum absolute atomic E-state index is 0.0649. The molecular formula is C37H34N6O2. The van der Waals surface area contributed by atoms with E-state index >= 15 is 0 Å². The minimum Gasteiger partial charge on any atom is -0.336 e. The molecule has 0 aliphatic carbocycles. The number of carbonyl (C=O) groups excluding carboxylic acids is 2. The van der Waals surface area contributed by atoms with E-state index in [2.05, 4.69) is 32.1 Å². The van der Waals surface area contributed by atoms with Gasteiger partial charge < -0.3 is 9.80 Å². The summed E-state index contributed by atoms with van der Waals surface area (Å²) < 4.78 is 0. The lowest BCUT2D eigenvalue weighted by atomic mass is 9.97. The summed E-state index contributed by atoms with van der Waals surface area (Å²) in [4.78, 5) is 49.2. The quantitative estimate of drug-likeness (QED) is 0.210. The Labute approximate surface area is 263 Å². The van der Waals surface area contributed by atoms with Gasteiger partial charge in [0.25, 0.3) is 0 Å². The lowest BCUT2D eigenvalue weighted by Gasteiger charge is -2.37. The van der Waals surface area contributed by atoms with Crippen molar-refractivity contribution in [1.82, 2.24) is 29.7 Å². The highest BCUT2D eigenvalue weighted by Crippen LogP contribution is 2.24. The van der Waals surface area contributed by atoms with E-state index in [1.807, 2.05) is 78.6 Å². The molecule has 0 fully saturated rings. The second-order valence-corrected chi connectivity index (χ2v) is 11.1. The molecule has 0 unspecified atom stereocenters. The van der Waals surface area contributed by atoms with Crippen LogP contribution in [0, 0.1) is 6.92 Å². The summed E-state index contributed by atoms with van der Waals surface area (Å²) in [6, 6.07) is 25.3. The predicted molar refractivity (Wildman–Crippen MR) is 173 cm³/mol. The minimum atomic E-state index is -0.719. The molecule has 224 valence electrons. The average molecular weight is 595 g/mol. The van der Waals surface area contributed by atoms with Crippen molar-refractivity contribution in [2.24, 2.45) is 0 Å². The Hall–Kier alpha value is -5.50. The van der Waals surface area contributed by atoms with Gasteiger partial charge in [-0.15, -0.1) is 0 Å². The third-order valence-corrected chi connectivity index (χ3v) is 8.04. The van der Waals surface area contributed by atoms with Gasteiger partial charge in [-0.05, 0) is 41.7 Å². The van der Waals surface area contributed by atoms with Gasteiger partial charge in [0.15, 0.2) is 0 Å². The molecule has 0 saturated heterocycles. The summed E-state index contributed by atoms with van der Waals surface area (Å²) in [7, 11) is 0. The molecule has 1 aliphatic heterocycles. The first-order valence-electron chi connectivity index (χ1n) is 15.1. The van der Waals surface area contributed by atoms with Crippen LogP contribution in [0.4, 0.5) is 0 Å². The van der Waals surface area contributed by atoms with E-state index in [0.29, 0.717) is 30.9 Å². The molecule has 1 atom stereocenters. The Bertz CT molecular complexity index is 1770. The summed E-state index contributed by atoms with van der Waals surface area (Å²) in [6.45, 7) is 3.19. The van der Waals surface area contributed by atoms with Gasteiger partial charge in [-0.3, -0.25) is 19.6 Å². The summed E-state index contributed by atoms with van der Waals surface area (Å²) >= 11 is 0. The normalized spacial score (nSPS) is 13.3. The molecule has 45 heavy (non-hydrogen) atoms. The monoisotopic (exact) mass is 594 g/mol. The predicted octanol–water partition coefficient (Wildman–Crippen LogP) is 5.48. The first-order chi connectivity index (χ1) is 22.0. The average Bonchev–Trinajstić information content (AvgIpc) is 3.10. The lowest BCUT2D eigenvalue weighted by molar-refractivity contribution is -0.144. The van der Waals surface area contributed by atoms with E-state index in [4.69, 9.17) is 0 Å². The van der Waals surface area contributed by atoms with Crippen molar-refractivity contribution < 1.29 is 9.59 Å². The number of nitrogens with zero attached hydrogens (tertiary/aromatic N) is 6. The Balaban J connectivity index is 1.34. The van der Waals surface area contributed by atoms with E-state index < -0.39 is 6.04 Å². The molecule has 0 spiro atoms. The van der Waals surface area contributed by atoms with Crippen LogP contribution in [-0.4, -0.2) is 54.1 Å². The van der Waals surface area contributed by atoms with Gasteiger partial charge in [0, 0.05) is 68.0 Å². The van der Waals surface area contributed by atoms with Crippen molar-refractivity contribution in [3.8, 4) is 11.3 Å². The van der Waals surface area contributed by atoms with Crippen molar-refractivity contribution >= 4 is 17.9 Å². The number of rotatable bonds is 9. The second-order valence-electron chi connectivity index (χ2n) is 11.1. The summed E-state index contributed by atoms with van der Waals surface area (Å²) in [5.41, 5.74) is 6.70. The third kappa shape index (κ3) is 7.36. The van der Waals surface area contributed by atoms with E-state index in [1.165, 1.54) is 11.6 Å². The Morgan fingerprint density at radius 1 is 0.844 bits per heavy atom. The fraction of sp³-hybridized carbons (Fsp3) is 0.189. The van der Waals surface area contributed by atoms with Gasteiger partial charge in [0.1, 0.15) is 11.9 Å². The fourth-order valence-corrected chi connectivity index (χ4v) is 5.58. The first kappa shape index (κ1) is 29.6. The van der Waals surface area contributed by atoms with Crippen LogP contribution in [0.3, 0.4) is 0 Å². The Kier molecular flexibility index (Phi) is 9.11. The number of amides is 2. The molecule has 0 saturated carbocycles. The van der Waals surface area contributed by atoms with Gasteiger partial charge >= 0.3 is 0 Å². The second kappa shape index (κ2) is 13.9. The van der Waals surface area contributed by atoms with Crippen molar-refractivity contribution in [1.29, 1.82) is 0 Å². The fourth-order valence-electron chi connectivity index (χ4n) is 5.58. The van der Waals surface area contributed by atoms with Crippen LogP contribution in [0.1, 0.15) is 33.6 Å². The first-order valence-corrected chi connectivity index (χ1v) is 15.1. The molecule has 0 N–H and O–H groups in total. The third-order valence-electron chi connectivity index (χ3n) is 8.04. The molecule has 0 bridgehead atoms. The topological polar surface area (TPSA) is 92.2 Å². The zero-order valence-corrected chi connectivity index (χ0v) is 25.2. The summed E-state index contributed by atoms with van der Waals surface area (Å²) in [6.07, 6.45) is 12.8. The molecule has 1 aliphatic rings. The highest BCUT2D eigenvalue weighted by molar-refractivity contribution is 5.95. The molecule has 6 rings (SSSR count). The van der Waals surface area contributed by atoms with Crippen LogP contribution < -0.4 is 0 Å². The smallest absolute Gasteiger partial charge is 0.247 e. The standard InChI is InChI=1S/C37H34N6O2/c1-27-40-22-30(23-41-27)13-16-36(44)43(25-29-11-14-32(15-12-29)34-24-38-18-19-39-34)35(21-28-7-3-2-4-8-28)37(45)42-20-17-31-9-5-6-10-33(31)26-42/h2-16,18-19,22-24,35H,17,20-21,25-26H2,1H3/b16-13+/t35-/m0/s1. The molecule has 8 heteroatoms. The van der Waals surface area contributed by atoms with Gasteiger partial charge in [0.2, 0.25) is 11.8 Å². The number of hydrogen-bond acceptors (Lipinski definition) is 6. The van der Waals surface area contributed by atoms with E-state index in [0.717, 1.165) is 34.4 Å². The van der Waals surface area contributed by atoms with E-state index in [-0.39, 0.29) is 18.4 Å². The van der Waals surface area contributed by atoms with Crippen molar-refractivity contribution in [2.75, 3.05) is 6.54 Å². The zero-order chi connectivity index (χ0) is 31.0. The molecule has 0 radical (unpaired) electrons. The number of aryl methyl sites for hydroxylation is 1. The molecule has 3 aromatic carbocycles. The van der Waals surface area contributed by atoms with Crippen molar-refractivity contribution in [3.05, 3.63) is 150 Å². The number of benzene rings is 3. The van der Waals surface area contributed by atoms with Crippen molar-refractivity contribution in [3.63, 3.8) is 0 Å². The van der Waals surface area contributed by atoms with Gasteiger partial charge in [-0.25, -0.2) is 9.97 Å². The number of fused-ring (bicyclic) bond motifs is 1. The number of hydrogen-bond donors (Lipinski definition) is 0. The summed E-state index contributed by atoms with van der Waals surface area (Å²) in [5.74, 6) is 0.326. The molecule has 8 nitrogen and oxygen atoms in total. The Morgan fingerprint density at radius 3 is 2.31 bits per heavy atom. The van der Waals surface area contributed by atoms with E-state index in [1.54, 1.807) is 42.0 Å². The highest BCUT2D eigenvalue weighted by atomic mass is 16.2. The zero-order valence-electron chi connectivity index (χ0n) is 25.2. The maximum absolute atomic E-state index is 14.5. The SMILES string of the molecule is Cc1ncc(/C=C/C(=O)N(Cc2ccc(-c3cnccn3)cc2)[C@@H](Cc2ccccc2)C(=O)N2CCc3ccccc3C2)cn1. The van der Waals surface area contributed by atoms with Crippen LogP contribution in [0.25, 0.3) is 17.3 Å². The highest BCUT2D eigenvalue weighted by Gasteiger charge is 2.34. The number of carbonyl (C=O) groups is 2. The molecule has 3 heterocycles. The number of aromatic nitrogens is 4. The van der Waals surface area contributed by atoms with Gasteiger partial charge in [-0.2, -0.15) is 0 Å². The van der Waals surface area contributed by atoms with Crippen LogP contribution in [0.2, 0.25) is 0 Å². The maximum Gasteiger partial charge on any atom is 0.247 e. The Morgan fingerprint density at radius 2 is 1.58 bits per heavy atom. The molecule has 5 aromatic rings. The maximum atomic E-state index is 14.5. The molecule has 2 aromatic heterocycles.